The number of hydrogen-bond acceptors (Lipinski definition) is 7. The molecular weight excluding hydrogens is 288 g/mol. The van der Waals surface area contributed by atoms with Crippen molar-refractivity contribution >= 4 is 5.91 Å². The number of fused-ring (bicyclic) bond motifs is 1. The van der Waals surface area contributed by atoms with Crippen LogP contribution in [0.1, 0.15) is 35.9 Å². The number of aromatic nitrogens is 2. The van der Waals surface area contributed by atoms with Gasteiger partial charge in [0.2, 0.25) is 12.5 Å². The maximum absolute atomic E-state index is 11.5. The van der Waals surface area contributed by atoms with Gasteiger partial charge in [0.25, 0.3) is 11.8 Å². The van der Waals surface area contributed by atoms with E-state index in [4.69, 9.17) is 19.6 Å². The summed E-state index contributed by atoms with van der Waals surface area (Å²) in [5.74, 6) is 0.901. The van der Waals surface area contributed by atoms with Crippen molar-refractivity contribution in [2.45, 2.75) is 25.9 Å². The van der Waals surface area contributed by atoms with E-state index in [1.54, 1.807) is 6.26 Å². The second-order valence-corrected chi connectivity index (χ2v) is 5.36. The third-order valence-corrected chi connectivity index (χ3v) is 3.31. The lowest BCUT2D eigenvalue weighted by atomic mass is 10.0. The summed E-state index contributed by atoms with van der Waals surface area (Å²) in [4.78, 5) is 20.1. The minimum absolute atomic E-state index is 0.00595. The lowest BCUT2D eigenvalue weighted by Gasteiger charge is -2.24. The average Bonchev–Trinajstić information content (AvgIpc) is 3.14. The van der Waals surface area contributed by atoms with E-state index in [0.717, 1.165) is 5.76 Å². The Morgan fingerprint density at radius 2 is 2.23 bits per heavy atom. The van der Waals surface area contributed by atoms with Gasteiger partial charge in [0.1, 0.15) is 5.76 Å². The van der Waals surface area contributed by atoms with Crippen LogP contribution in [0.25, 0.3) is 0 Å². The van der Waals surface area contributed by atoms with Crippen molar-refractivity contribution < 1.29 is 18.7 Å². The molecule has 3 rings (SSSR count). The van der Waals surface area contributed by atoms with E-state index in [9.17, 15) is 4.79 Å². The van der Waals surface area contributed by atoms with Gasteiger partial charge in [-0.05, 0) is 26.0 Å². The molecule has 0 radical (unpaired) electrons. The normalized spacial score (nSPS) is 13.4. The number of furan rings is 1. The number of rotatable bonds is 5. The topological polar surface area (TPSA) is 113 Å². The van der Waals surface area contributed by atoms with Gasteiger partial charge in [-0.1, -0.05) is 0 Å². The van der Waals surface area contributed by atoms with Gasteiger partial charge in [0.15, 0.2) is 11.5 Å². The molecule has 8 heteroatoms. The molecule has 0 saturated carbocycles. The highest BCUT2D eigenvalue weighted by Gasteiger charge is 2.31. The van der Waals surface area contributed by atoms with Gasteiger partial charge in [-0.15, -0.1) is 0 Å². The molecule has 0 atom stereocenters. The summed E-state index contributed by atoms with van der Waals surface area (Å²) >= 11 is 0. The van der Waals surface area contributed by atoms with Crippen molar-refractivity contribution in [2.24, 2.45) is 5.73 Å². The van der Waals surface area contributed by atoms with E-state index < -0.39 is 11.4 Å². The summed E-state index contributed by atoms with van der Waals surface area (Å²) < 4.78 is 15.7. The highest BCUT2D eigenvalue weighted by Crippen LogP contribution is 2.34. The van der Waals surface area contributed by atoms with Crippen LogP contribution >= 0.6 is 0 Å². The van der Waals surface area contributed by atoms with Crippen LogP contribution in [-0.4, -0.2) is 22.7 Å². The molecule has 22 heavy (non-hydrogen) atoms. The van der Waals surface area contributed by atoms with Crippen molar-refractivity contribution in [1.29, 1.82) is 0 Å². The molecule has 0 aromatic carbocycles. The van der Waals surface area contributed by atoms with Crippen LogP contribution in [0.3, 0.4) is 0 Å². The first-order valence-corrected chi connectivity index (χ1v) is 6.73. The van der Waals surface area contributed by atoms with Gasteiger partial charge in [-0.2, -0.15) is 4.98 Å². The highest BCUT2D eigenvalue weighted by atomic mass is 16.7. The second-order valence-electron chi connectivity index (χ2n) is 5.36. The Labute approximate surface area is 126 Å². The fourth-order valence-corrected chi connectivity index (χ4v) is 2.05. The molecule has 0 saturated heterocycles. The van der Waals surface area contributed by atoms with Crippen LogP contribution in [0.2, 0.25) is 0 Å². The number of nitrogens with one attached hydrogen (secondary N) is 1. The molecule has 0 unspecified atom stereocenters. The van der Waals surface area contributed by atoms with E-state index in [0.29, 0.717) is 12.4 Å². The second kappa shape index (κ2) is 5.30. The molecule has 1 aliphatic heterocycles. The number of ether oxygens (including phenoxy) is 2. The molecule has 8 nitrogen and oxygen atoms in total. The Balaban J connectivity index is 1.89. The molecule has 1 amide bonds. The summed E-state index contributed by atoms with van der Waals surface area (Å²) in [6.45, 7) is 4.26. The van der Waals surface area contributed by atoms with E-state index in [1.807, 2.05) is 26.0 Å². The van der Waals surface area contributed by atoms with Crippen LogP contribution in [-0.2, 0) is 12.1 Å². The number of carbonyl (C=O) groups excluding carboxylic acids is 1. The Kier molecular flexibility index (Phi) is 3.45. The summed E-state index contributed by atoms with van der Waals surface area (Å²) in [5, 5.41) is 3.27. The van der Waals surface area contributed by atoms with Crippen LogP contribution in [0.5, 0.6) is 11.6 Å². The quantitative estimate of drug-likeness (QED) is 0.844. The SMILES string of the molecule is CC(C)(NCc1ccco1)c1nc2c(c(C(N)=O)n1)OCO2. The first kappa shape index (κ1) is 14.3. The van der Waals surface area contributed by atoms with E-state index in [2.05, 4.69) is 15.3 Å². The van der Waals surface area contributed by atoms with Crippen LogP contribution < -0.4 is 20.5 Å². The maximum atomic E-state index is 11.5. The monoisotopic (exact) mass is 304 g/mol. The molecule has 0 aliphatic carbocycles. The molecule has 3 N–H and O–H groups in total. The fourth-order valence-electron chi connectivity index (χ4n) is 2.05. The Morgan fingerprint density at radius 1 is 1.41 bits per heavy atom. The Hall–Kier alpha value is -2.61. The van der Waals surface area contributed by atoms with Crippen molar-refractivity contribution in [2.75, 3.05) is 6.79 Å². The number of nitrogens with two attached hydrogens (primary N) is 1. The van der Waals surface area contributed by atoms with Gasteiger partial charge >= 0.3 is 0 Å². The summed E-state index contributed by atoms with van der Waals surface area (Å²) in [6, 6.07) is 3.67. The van der Waals surface area contributed by atoms with Gasteiger partial charge in [-0.25, -0.2) is 4.98 Å². The molecule has 3 heterocycles. The largest absolute Gasteiger partial charge is 0.468 e. The predicted molar refractivity (Wildman–Crippen MR) is 75.2 cm³/mol. The zero-order valence-electron chi connectivity index (χ0n) is 12.3. The third-order valence-electron chi connectivity index (χ3n) is 3.31. The first-order chi connectivity index (χ1) is 10.5. The van der Waals surface area contributed by atoms with Crippen LogP contribution in [0, 0.1) is 0 Å². The van der Waals surface area contributed by atoms with Crippen LogP contribution in [0.15, 0.2) is 22.8 Å². The van der Waals surface area contributed by atoms with Gasteiger partial charge in [0.05, 0.1) is 18.3 Å². The standard InChI is InChI=1S/C14H16N4O4/c1-14(2,16-6-8-4-3-5-20-8)13-17-9(11(15)19)10-12(18-13)22-7-21-10/h3-5,16H,6-7H2,1-2H3,(H2,15,19). The van der Waals surface area contributed by atoms with Crippen molar-refractivity contribution in [3.8, 4) is 11.6 Å². The van der Waals surface area contributed by atoms with Crippen LogP contribution in [0.4, 0.5) is 0 Å². The number of carbonyl (C=O) groups is 1. The van der Waals surface area contributed by atoms with Crippen molar-refractivity contribution in [3.63, 3.8) is 0 Å². The smallest absolute Gasteiger partial charge is 0.271 e. The molecule has 1 aliphatic rings. The first-order valence-electron chi connectivity index (χ1n) is 6.73. The number of nitrogens with zero attached hydrogens (tertiary/aromatic N) is 2. The van der Waals surface area contributed by atoms with Gasteiger partial charge in [0, 0.05) is 0 Å². The molecule has 2 aromatic heterocycles. The van der Waals surface area contributed by atoms with E-state index in [1.165, 1.54) is 0 Å². The van der Waals surface area contributed by atoms with E-state index in [-0.39, 0.29) is 24.1 Å². The summed E-state index contributed by atoms with van der Waals surface area (Å²) in [6.07, 6.45) is 1.60. The lowest BCUT2D eigenvalue weighted by molar-refractivity contribution is 0.0990. The maximum Gasteiger partial charge on any atom is 0.271 e. The number of primary amides is 1. The minimum atomic E-state index is -0.688. The average molecular weight is 304 g/mol. The molecule has 2 aromatic rings. The number of hydrogen-bond donors (Lipinski definition) is 2. The molecule has 0 spiro atoms. The van der Waals surface area contributed by atoms with Crippen molar-refractivity contribution in [3.05, 3.63) is 35.7 Å². The highest BCUT2D eigenvalue weighted by molar-refractivity contribution is 5.94. The minimum Gasteiger partial charge on any atom is -0.468 e. The van der Waals surface area contributed by atoms with E-state index >= 15 is 0 Å². The molecule has 0 fully saturated rings. The van der Waals surface area contributed by atoms with Crippen molar-refractivity contribution in [1.82, 2.24) is 15.3 Å². The zero-order chi connectivity index (χ0) is 15.7. The summed E-state index contributed by atoms with van der Waals surface area (Å²) in [7, 11) is 0. The lowest BCUT2D eigenvalue weighted by Crippen LogP contribution is -2.38. The predicted octanol–water partition coefficient (Wildman–Crippen LogP) is 0.922. The number of amides is 1. The molecular formula is C14H16N4O4. The Bertz CT molecular complexity index is 697. The molecule has 0 bridgehead atoms. The van der Waals surface area contributed by atoms with Gasteiger partial charge in [-0.3, -0.25) is 10.1 Å². The third kappa shape index (κ3) is 2.60. The fraction of sp³-hybridized carbons (Fsp3) is 0.357. The Morgan fingerprint density at radius 3 is 2.91 bits per heavy atom. The zero-order valence-corrected chi connectivity index (χ0v) is 12.3. The summed E-state index contributed by atoms with van der Waals surface area (Å²) in [5.41, 5.74) is 4.74. The van der Waals surface area contributed by atoms with Gasteiger partial charge < -0.3 is 19.6 Å². The molecule has 116 valence electrons.